The number of hydrogen-bond donors (Lipinski definition) is 1. The number of nitrogens with zero attached hydrogens (tertiary/aromatic N) is 1. The van der Waals surface area contributed by atoms with Gasteiger partial charge in [0, 0.05) is 19.1 Å². The first-order valence-corrected chi connectivity index (χ1v) is 8.25. The number of benzene rings is 1. The molecule has 0 aromatic heterocycles. The Kier molecular flexibility index (Phi) is 6.06. The van der Waals surface area contributed by atoms with E-state index in [0.717, 1.165) is 12.5 Å². The Labute approximate surface area is 124 Å². The van der Waals surface area contributed by atoms with Gasteiger partial charge in [0.2, 0.25) is 0 Å². The Morgan fingerprint density at radius 3 is 2.55 bits per heavy atom. The Balaban J connectivity index is 1.94. The van der Waals surface area contributed by atoms with Crippen LogP contribution in [0.2, 0.25) is 0 Å². The molecule has 0 spiro atoms. The van der Waals surface area contributed by atoms with Crippen LogP contribution in [0.15, 0.2) is 24.3 Å². The van der Waals surface area contributed by atoms with Crippen molar-refractivity contribution in [2.45, 2.75) is 45.6 Å². The van der Waals surface area contributed by atoms with Crippen LogP contribution >= 0.6 is 0 Å². The number of likely N-dealkylation sites (tertiary alicyclic amines) is 1. The van der Waals surface area contributed by atoms with Crippen LogP contribution in [0, 0.1) is 5.92 Å². The summed E-state index contributed by atoms with van der Waals surface area (Å²) in [6.07, 6.45) is 5.12. The second-order valence-electron chi connectivity index (χ2n) is 6.16. The molecule has 2 nitrogen and oxygen atoms in total. The number of likely N-dealkylation sites (N-methyl/N-ethyl adjacent to an activating group) is 1. The summed E-state index contributed by atoms with van der Waals surface area (Å²) in [5, 5.41) is 3.49. The summed E-state index contributed by atoms with van der Waals surface area (Å²) in [7, 11) is 2.08. The number of hydrogen-bond acceptors (Lipinski definition) is 2. The molecule has 2 rings (SSSR count). The van der Waals surface area contributed by atoms with E-state index in [4.69, 9.17) is 0 Å². The van der Waals surface area contributed by atoms with Crippen molar-refractivity contribution < 1.29 is 0 Å². The molecule has 0 amide bonds. The van der Waals surface area contributed by atoms with Gasteiger partial charge in [-0.05, 0) is 43.5 Å². The van der Waals surface area contributed by atoms with Crippen LogP contribution in [0.5, 0.6) is 0 Å². The van der Waals surface area contributed by atoms with E-state index in [-0.39, 0.29) is 0 Å². The van der Waals surface area contributed by atoms with E-state index in [0.29, 0.717) is 6.04 Å². The average Bonchev–Trinajstić information content (AvgIpc) is 2.94. The summed E-state index contributed by atoms with van der Waals surface area (Å²) in [5.74, 6) is 0.916. The first kappa shape index (κ1) is 15.5. The highest BCUT2D eigenvalue weighted by Crippen LogP contribution is 2.22. The average molecular weight is 274 g/mol. The molecule has 1 aromatic carbocycles. The molecular weight excluding hydrogens is 244 g/mol. The molecule has 2 heteroatoms. The summed E-state index contributed by atoms with van der Waals surface area (Å²) in [4.78, 5) is 2.62. The second-order valence-corrected chi connectivity index (χ2v) is 6.16. The van der Waals surface area contributed by atoms with E-state index in [2.05, 4.69) is 55.4 Å². The molecule has 1 aromatic rings. The van der Waals surface area contributed by atoms with Crippen molar-refractivity contribution >= 4 is 0 Å². The van der Waals surface area contributed by atoms with Gasteiger partial charge in [-0.25, -0.2) is 0 Å². The van der Waals surface area contributed by atoms with Crippen LogP contribution in [0.1, 0.15) is 50.3 Å². The van der Waals surface area contributed by atoms with Crippen LogP contribution in [-0.2, 0) is 6.42 Å². The van der Waals surface area contributed by atoms with Crippen LogP contribution in [-0.4, -0.2) is 31.6 Å². The molecule has 20 heavy (non-hydrogen) atoms. The van der Waals surface area contributed by atoms with Gasteiger partial charge in [0.15, 0.2) is 0 Å². The summed E-state index contributed by atoms with van der Waals surface area (Å²) < 4.78 is 0. The smallest absolute Gasteiger partial charge is 0.0446 e. The van der Waals surface area contributed by atoms with E-state index < -0.39 is 0 Å². The van der Waals surface area contributed by atoms with Crippen molar-refractivity contribution in [2.24, 2.45) is 5.92 Å². The molecule has 1 aliphatic heterocycles. The van der Waals surface area contributed by atoms with Gasteiger partial charge in [-0.15, -0.1) is 0 Å². The highest BCUT2D eigenvalue weighted by Gasteiger charge is 2.23. The van der Waals surface area contributed by atoms with Gasteiger partial charge in [-0.2, -0.15) is 0 Å². The predicted octanol–water partition coefficient (Wildman–Crippen LogP) is 3.63. The minimum atomic E-state index is 0.460. The molecule has 0 aliphatic carbocycles. The van der Waals surface area contributed by atoms with Gasteiger partial charge in [-0.1, -0.05) is 51.0 Å². The van der Waals surface area contributed by atoms with Crippen molar-refractivity contribution in [2.75, 3.05) is 26.7 Å². The number of aryl methyl sites for hydroxylation is 1. The molecule has 0 bridgehead atoms. The SMILES string of the molecule is CCCc1ccc(C(CN2CCC(CC)C2)NC)cc1. The lowest BCUT2D eigenvalue weighted by Crippen LogP contribution is -2.32. The highest BCUT2D eigenvalue weighted by atomic mass is 15.2. The lowest BCUT2D eigenvalue weighted by Gasteiger charge is -2.24. The molecule has 1 heterocycles. The third-order valence-corrected chi connectivity index (χ3v) is 4.66. The first-order valence-electron chi connectivity index (χ1n) is 8.25. The molecule has 112 valence electrons. The van der Waals surface area contributed by atoms with Gasteiger partial charge >= 0.3 is 0 Å². The lowest BCUT2D eigenvalue weighted by atomic mass is 10.0. The quantitative estimate of drug-likeness (QED) is 0.817. The number of rotatable bonds is 7. The fraction of sp³-hybridized carbons (Fsp3) is 0.667. The molecule has 1 saturated heterocycles. The van der Waals surface area contributed by atoms with Crippen molar-refractivity contribution in [1.29, 1.82) is 0 Å². The van der Waals surface area contributed by atoms with Gasteiger partial charge in [0.25, 0.3) is 0 Å². The Morgan fingerprint density at radius 1 is 1.25 bits per heavy atom. The zero-order valence-corrected chi connectivity index (χ0v) is 13.4. The predicted molar refractivity (Wildman–Crippen MR) is 87.1 cm³/mol. The molecule has 2 atom stereocenters. The normalized spacial score (nSPS) is 21.2. The maximum atomic E-state index is 3.49. The molecule has 2 unspecified atom stereocenters. The standard InChI is InChI=1S/C18H30N2/c1-4-6-16-7-9-17(10-8-16)18(19-3)14-20-12-11-15(5-2)13-20/h7-10,15,18-19H,4-6,11-14H2,1-3H3. The minimum Gasteiger partial charge on any atom is -0.312 e. The second kappa shape index (κ2) is 7.80. The zero-order chi connectivity index (χ0) is 14.4. The van der Waals surface area contributed by atoms with Gasteiger partial charge in [0.1, 0.15) is 0 Å². The van der Waals surface area contributed by atoms with E-state index in [9.17, 15) is 0 Å². The number of nitrogens with one attached hydrogen (secondary N) is 1. The summed E-state index contributed by atoms with van der Waals surface area (Å²) >= 11 is 0. The van der Waals surface area contributed by atoms with Crippen LogP contribution in [0.25, 0.3) is 0 Å². The van der Waals surface area contributed by atoms with Gasteiger partial charge in [-0.3, -0.25) is 0 Å². The molecule has 0 saturated carbocycles. The molecular formula is C18H30N2. The van der Waals surface area contributed by atoms with E-state index in [1.54, 1.807) is 0 Å². The summed E-state index contributed by atoms with van der Waals surface area (Å²) in [6.45, 7) is 8.24. The van der Waals surface area contributed by atoms with Crippen LogP contribution in [0.4, 0.5) is 0 Å². The van der Waals surface area contributed by atoms with E-state index >= 15 is 0 Å². The van der Waals surface area contributed by atoms with Crippen molar-refractivity contribution in [3.8, 4) is 0 Å². The minimum absolute atomic E-state index is 0.460. The first-order chi connectivity index (χ1) is 9.76. The van der Waals surface area contributed by atoms with Gasteiger partial charge in [0.05, 0.1) is 0 Å². The maximum absolute atomic E-state index is 3.49. The molecule has 1 N–H and O–H groups in total. The molecule has 0 radical (unpaired) electrons. The molecule has 1 aliphatic rings. The van der Waals surface area contributed by atoms with Crippen LogP contribution < -0.4 is 5.32 Å². The topological polar surface area (TPSA) is 15.3 Å². The maximum Gasteiger partial charge on any atom is 0.0446 e. The fourth-order valence-electron chi connectivity index (χ4n) is 3.24. The van der Waals surface area contributed by atoms with Crippen LogP contribution in [0.3, 0.4) is 0 Å². The van der Waals surface area contributed by atoms with E-state index in [1.807, 2.05) is 0 Å². The summed E-state index contributed by atoms with van der Waals surface area (Å²) in [5.41, 5.74) is 2.88. The monoisotopic (exact) mass is 274 g/mol. The Bertz CT molecular complexity index is 385. The van der Waals surface area contributed by atoms with Crippen molar-refractivity contribution in [3.63, 3.8) is 0 Å². The lowest BCUT2D eigenvalue weighted by molar-refractivity contribution is 0.287. The third kappa shape index (κ3) is 4.07. The fourth-order valence-corrected chi connectivity index (χ4v) is 3.24. The Hall–Kier alpha value is -0.860. The van der Waals surface area contributed by atoms with Crippen molar-refractivity contribution in [3.05, 3.63) is 35.4 Å². The summed E-state index contributed by atoms with van der Waals surface area (Å²) in [6, 6.07) is 9.66. The largest absolute Gasteiger partial charge is 0.312 e. The highest BCUT2D eigenvalue weighted by molar-refractivity contribution is 5.25. The van der Waals surface area contributed by atoms with Crippen molar-refractivity contribution in [1.82, 2.24) is 10.2 Å². The molecule has 1 fully saturated rings. The third-order valence-electron chi connectivity index (χ3n) is 4.66. The Morgan fingerprint density at radius 2 is 2.00 bits per heavy atom. The van der Waals surface area contributed by atoms with E-state index in [1.165, 1.54) is 49.9 Å². The van der Waals surface area contributed by atoms with Gasteiger partial charge < -0.3 is 10.2 Å². The zero-order valence-electron chi connectivity index (χ0n) is 13.4.